The summed E-state index contributed by atoms with van der Waals surface area (Å²) in [6.45, 7) is 0.610. The molecular weight excluding hydrogens is 308 g/mol. The van der Waals surface area contributed by atoms with Gasteiger partial charge in [0, 0.05) is 35.8 Å². The summed E-state index contributed by atoms with van der Waals surface area (Å²) < 4.78 is 0. The minimum atomic E-state index is -0.443. The summed E-state index contributed by atoms with van der Waals surface area (Å²) in [4.78, 5) is 28.1. The van der Waals surface area contributed by atoms with Gasteiger partial charge < -0.3 is 15.2 Å². The van der Waals surface area contributed by atoms with E-state index in [2.05, 4.69) is 29.3 Å². The first-order valence-corrected chi connectivity index (χ1v) is 8.14. The molecule has 1 aromatic carbocycles. The van der Waals surface area contributed by atoms with E-state index in [9.17, 15) is 14.9 Å². The number of aromatic amines is 1. The van der Waals surface area contributed by atoms with Gasteiger partial charge in [-0.15, -0.1) is 0 Å². The molecule has 7 nitrogen and oxygen atoms in total. The molecule has 2 N–H and O–H groups in total. The summed E-state index contributed by atoms with van der Waals surface area (Å²) >= 11 is 0. The second-order valence-electron chi connectivity index (χ2n) is 6.70. The quantitative estimate of drug-likeness (QED) is 0.651. The van der Waals surface area contributed by atoms with Gasteiger partial charge in [0.05, 0.1) is 16.0 Å². The molecule has 0 atom stereocenters. The summed E-state index contributed by atoms with van der Waals surface area (Å²) in [7, 11) is 4.12. The number of benzene rings is 1. The standard InChI is InChI=1S/C17H22N4O3/c1-20(2)17(7-3-4-8-17)11-19-16(22)14-10-18-15-9-12(21(23)24)5-6-13(14)15/h5-6,9-10,18H,3-4,7-8,11H2,1-2H3,(H,19,22). The van der Waals surface area contributed by atoms with Crippen molar-refractivity contribution >= 4 is 22.5 Å². The van der Waals surface area contributed by atoms with Crippen molar-refractivity contribution in [3.05, 3.63) is 40.1 Å². The van der Waals surface area contributed by atoms with Gasteiger partial charge >= 0.3 is 0 Å². The van der Waals surface area contributed by atoms with Crippen LogP contribution in [0, 0.1) is 10.1 Å². The molecule has 0 aliphatic heterocycles. The predicted octanol–water partition coefficient (Wildman–Crippen LogP) is 2.68. The van der Waals surface area contributed by atoms with Crippen LogP contribution in [-0.4, -0.2) is 46.9 Å². The summed E-state index contributed by atoms with van der Waals surface area (Å²) in [5.74, 6) is -0.150. The molecule has 1 aromatic heterocycles. The van der Waals surface area contributed by atoms with Crippen LogP contribution in [0.5, 0.6) is 0 Å². The van der Waals surface area contributed by atoms with Crippen molar-refractivity contribution < 1.29 is 9.72 Å². The number of H-pyrrole nitrogens is 1. The molecular formula is C17H22N4O3. The highest BCUT2D eigenvalue weighted by Crippen LogP contribution is 2.33. The Morgan fingerprint density at radius 3 is 2.71 bits per heavy atom. The molecule has 0 saturated heterocycles. The Bertz CT molecular complexity index is 775. The molecule has 2 aromatic rings. The number of nitro benzene ring substituents is 1. The molecule has 24 heavy (non-hydrogen) atoms. The minimum Gasteiger partial charge on any atom is -0.360 e. The molecule has 0 radical (unpaired) electrons. The third kappa shape index (κ3) is 2.87. The molecule has 1 fully saturated rings. The smallest absolute Gasteiger partial charge is 0.271 e. The Morgan fingerprint density at radius 1 is 1.38 bits per heavy atom. The SMILES string of the molecule is CN(C)C1(CNC(=O)c2c[nH]c3cc([N+](=O)[O-])ccc23)CCCC1. The molecule has 3 rings (SSSR count). The summed E-state index contributed by atoms with van der Waals surface area (Å²) in [5, 5.41) is 14.6. The van der Waals surface area contributed by atoms with Crippen molar-refractivity contribution in [1.82, 2.24) is 15.2 Å². The van der Waals surface area contributed by atoms with E-state index in [4.69, 9.17) is 0 Å². The molecule has 1 aliphatic carbocycles. The number of fused-ring (bicyclic) bond motifs is 1. The van der Waals surface area contributed by atoms with Gasteiger partial charge in [0.25, 0.3) is 11.6 Å². The number of nitrogens with zero attached hydrogens (tertiary/aromatic N) is 2. The van der Waals surface area contributed by atoms with Crippen LogP contribution >= 0.6 is 0 Å². The fourth-order valence-electron chi connectivity index (χ4n) is 3.57. The molecule has 0 spiro atoms. The molecule has 1 aliphatic rings. The van der Waals surface area contributed by atoms with Gasteiger partial charge in [-0.3, -0.25) is 14.9 Å². The summed E-state index contributed by atoms with van der Waals surface area (Å²) in [6, 6.07) is 4.49. The molecule has 1 heterocycles. The van der Waals surface area contributed by atoms with E-state index in [1.165, 1.54) is 25.0 Å². The number of rotatable bonds is 5. The maximum atomic E-state index is 12.6. The maximum Gasteiger partial charge on any atom is 0.271 e. The Morgan fingerprint density at radius 2 is 2.08 bits per heavy atom. The number of hydrogen-bond donors (Lipinski definition) is 2. The highest BCUT2D eigenvalue weighted by molar-refractivity contribution is 6.07. The van der Waals surface area contributed by atoms with Crippen LogP contribution in [0.1, 0.15) is 36.0 Å². The number of carbonyl (C=O) groups excluding carboxylic acids is 1. The van der Waals surface area contributed by atoms with Crippen molar-refractivity contribution in [2.24, 2.45) is 0 Å². The topological polar surface area (TPSA) is 91.3 Å². The zero-order valence-corrected chi connectivity index (χ0v) is 14.0. The monoisotopic (exact) mass is 330 g/mol. The van der Waals surface area contributed by atoms with E-state index in [0.717, 1.165) is 12.8 Å². The number of nitro groups is 1. The minimum absolute atomic E-state index is 0.00817. The predicted molar refractivity (Wildman–Crippen MR) is 92.2 cm³/mol. The first-order valence-electron chi connectivity index (χ1n) is 8.14. The zero-order chi connectivity index (χ0) is 17.3. The highest BCUT2D eigenvalue weighted by Gasteiger charge is 2.36. The van der Waals surface area contributed by atoms with Gasteiger partial charge in [0.2, 0.25) is 0 Å². The Kier molecular flexibility index (Phi) is 4.28. The van der Waals surface area contributed by atoms with Crippen molar-refractivity contribution in [2.75, 3.05) is 20.6 Å². The fourth-order valence-corrected chi connectivity index (χ4v) is 3.57. The van der Waals surface area contributed by atoms with Gasteiger partial charge in [-0.2, -0.15) is 0 Å². The van der Waals surface area contributed by atoms with E-state index in [1.54, 1.807) is 12.3 Å². The van der Waals surface area contributed by atoms with Crippen molar-refractivity contribution in [2.45, 2.75) is 31.2 Å². The highest BCUT2D eigenvalue weighted by atomic mass is 16.6. The summed E-state index contributed by atoms with van der Waals surface area (Å²) in [6.07, 6.45) is 6.15. The Labute approximate surface area is 140 Å². The fraction of sp³-hybridized carbons (Fsp3) is 0.471. The molecule has 128 valence electrons. The van der Waals surface area contributed by atoms with Crippen LogP contribution in [0.25, 0.3) is 10.9 Å². The van der Waals surface area contributed by atoms with E-state index in [-0.39, 0.29) is 17.1 Å². The first-order chi connectivity index (χ1) is 11.4. The molecule has 1 saturated carbocycles. The number of hydrogen-bond acceptors (Lipinski definition) is 4. The van der Waals surface area contributed by atoms with Crippen LogP contribution < -0.4 is 5.32 Å². The van der Waals surface area contributed by atoms with Gasteiger partial charge in [0.15, 0.2) is 0 Å². The largest absolute Gasteiger partial charge is 0.360 e. The number of non-ortho nitro benzene ring substituents is 1. The van der Waals surface area contributed by atoms with E-state index in [0.29, 0.717) is 23.0 Å². The lowest BCUT2D eigenvalue weighted by Gasteiger charge is -2.36. The van der Waals surface area contributed by atoms with Gasteiger partial charge in [-0.1, -0.05) is 12.8 Å². The Hall–Kier alpha value is -2.41. The maximum absolute atomic E-state index is 12.6. The first kappa shape index (κ1) is 16.4. The number of likely N-dealkylation sites (N-methyl/N-ethyl adjacent to an activating group) is 1. The number of aromatic nitrogens is 1. The lowest BCUT2D eigenvalue weighted by Crippen LogP contribution is -2.50. The number of amides is 1. The molecule has 0 unspecified atom stereocenters. The van der Waals surface area contributed by atoms with Gasteiger partial charge in [-0.25, -0.2) is 0 Å². The molecule has 0 bridgehead atoms. The van der Waals surface area contributed by atoms with Crippen molar-refractivity contribution in [3.8, 4) is 0 Å². The second kappa shape index (κ2) is 6.24. The second-order valence-corrected chi connectivity index (χ2v) is 6.70. The third-order valence-corrected chi connectivity index (χ3v) is 5.18. The lowest BCUT2D eigenvalue weighted by molar-refractivity contribution is -0.384. The number of nitrogens with one attached hydrogen (secondary N) is 2. The van der Waals surface area contributed by atoms with Crippen LogP contribution in [0.4, 0.5) is 5.69 Å². The third-order valence-electron chi connectivity index (χ3n) is 5.18. The molecule has 1 amide bonds. The van der Waals surface area contributed by atoms with Crippen LogP contribution in [0.15, 0.2) is 24.4 Å². The molecule has 7 heteroatoms. The van der Waals surface area contributed by atoms with Crippen LogP contribution in [0.3, 0.4) is 0 Å². The average Bonchev–Trinajstić information content (AvgIpc) is 3.19. The Balaban J connectivity index is 1.78. The number of carbonyl (C=O) groups is 1. The van der Waals surface area contributed by atoms with E-state index >= 15 is 0 Å². The zero-order valence-electron chi connectivity index (χ0n) is 14.0. The van der Waals surface area contributed by atoms with Gasteiger partial charge in [-0.05, 0) is 33.0 Å². The van der Waals surface area contributed by atoms with Crippen molar-refractivity contribution in [3.63, 3.8) is 0 Å². The normalized spacial score (nSPS) is 16.6. The summed E-state index contributed by atoms with van der Waals surface area (Å²) in [5.41, 5.74) is 1.15. The van der Waals surface area contributed by atoms with Gasteiger partial charge in [0.1, 0.15) is 0 Å². The lowest BCUT2D eigenvalue weighted by atomic mass is 9.96. The van der Waals surface area contributed by atoms with E-state index in [1.807, 2.05) is 0 Å². The van der Waals surface area contributed by atoms with Crippen LogP contribution in [-0.2, 0) is 0 Å². The average molecular weight is 330 g/mol. The van der Waals surface area contributed by atoms with Crippen molar-refractivity contribution in [1.29, 1.82) is 0 Å². The van der Waals surface area contributed by atoms with E-state index < -0.39 is 4.92 Å². The van der Waals surface area contributed by atoms with Crippen LogP contribution in [0.2, 0.25) is 0 Å².